The Labute approximate surface area is 138 Å². The Morgan fingerprint density at radius 2 is 1.57 bits per heavy atom. The van der Waals surface area contributed by atoms with Crippen LogP contribution in [0, 0.1) is 0 Å². The lowest BCUT2D eigenvalue weighted by atomic mass is 10.0. The van der Waals surface area contributed by atoms with Gasteiger partial charge in [-0.05, 0) is 0 Å². The summed E-state index contributed by atoms with van der Waals surface area (Å²) in [6.07, 6.45) is -5.25. The molecule has 0 N–H and O–H groups in total. The fraction of sp³-hybridized carbons (Fsp3) is 0.714. The molecule has 9 heteroatoms. The summed E-state index contributed by atoms with van der Waals surface area (Å²) >= 11 is 0. The second-order valence-electron chi connectivity index (χ2n) is 4.50. The van der Waals surface area contributed by atoms with Gasteiger partial charge in [0.05, 0.1) is 6.42 Å². The average molecular weight is 336 g/mol. The SMILES string of the molecule is [2H]CC(=O)OC[C@H]1OC(OC(=O)C[2H])C[C@@H](OC(=O)C[2H])[C@@H]1OC(=O)C[2H]. The maximum atomic E-state index is 11.5. The summed E-state index contributed by atoms with van der Waals surface area (Å²) in [7, 11) is 0. The smallest absolute Gasteiger partial charge is 0.304 e. The Bertz CT molecular complexity index is 545. The van der Waals surface area contributed by atoms with E-state index in [1.165, 1.54) is 0 Å². The minimum absolute atomic E-state index is 0.254. The van der Waals surface area contributed by atoms with Crippen LogP contribution in [0.5, 0.6) is 0 Å². The number of ether oxygens (including phenoxy) is 5. The Hall–Kier alpha value is -2.16. The van der Waals surface area contributed by atoms with Gasteiger partial charge in [0.25, 0.3) is 0 Å². The van der Waals surface area contributed by atoms with E-state index in [-0.39, 0.29) is 6.42 Å². The van der Waals surface area contributed by atoms with Crippen LogP contribution in [0.4, 0.5) is 0 Å². The van der Waals surface area contributed by atoms with Crippen LogP contribution in [0.3, 0.4) is 0 Å². The van der Waals surface area contributed by atoms with Crippen molar-refractivity contribution in [3.8, 4) is 0 Å². The minimum atomic E-state index is -1.29. The van der Waals surface area contributed by atoms with Crippen molar-refractivity contribution in [2.45, 2.75) is 58.6 Å². The second kappa shape index (κ2) is 8.47. The molecule has 1 fully saturated rings. The number of carbonyl (C=O) groups excluding carboxylic acids is 4. The molecule has 0 aromatic heterocycles. The molecule has 9 nitrogen and oxygen atoms in total. The van der Waals surface area contributed by atoms with Crippen LogP contribution in [0.1, 0.15) is 39.5 Å². The van der Waals surface area contributed by atoms with E-state index < -0.39 is 82.7 Å². The predicted molar refractivity (Wildman–Crippen MR) is 72.8 cm³/mol. The van der Waals surface area contributed by atoms with Crippen molar-refractivity contribution in [3.05, 3.63) is 0 Å². The van der Waals surface area contributed by atoms with Gasteiger partial charge in [-0.3, -0.25) is 19.2 Å². The van der Waals surface area contributed by atoms with E-state index in [2.05, 4.69) is 0 Å². The van der Waals surface area contributed by atoms with Crippen LogP contribution < -0.4 is 0 Å². The third-order valence-corrected chi connectivity index (χ3v) is 2.71. The van der Waals surface area contributed by atoms with Gasteiger partial charge in [-0.2, -0.15) is 0 Å². The van der Waals surface area contributed by atoms with Gasteiger partial charge >= 0.3 is 23.9 Å². The number of hydrogen-bond acceptors (Lipinski definition) is 9. The van der Waals surface area contributed by atoms with Gasteiger partial charge in [0.2, 0.25) is 6.29 Å². The zero-order chi connectivity index (χ0) is 20.4. The molecular weight excluding hydrogens is 312 g/mol. The van der Waals surface area contributed by atoms with Crippen LogP contribution in [0.25, 0.3) is 0 Å². The Kier molecular flexibility index (Phi) is 4.89. The highest BCUT2D eigenvalue weighted by atomic mass is 16.7. The highest BCUT2D eigenvalue weighted by Gasteiger charge is 2.44. The molecule has 23 heavy (non-hydrogen) atoms. The monoisotopic (exact) mass is 336 g/mol. The third kappa shape index (κ3) is 6.64. The number of esters is 4. The van der Waals surface area contributed by atoms with E-state index in [0.717, 1.165) is 0 Å². The molecule has 1 aliphatic heterocycles. The first kappa shape index (κ1) is 13.3. The number of hydrogen-bond donors (Lipinski definition) is 0. The molecule has 0 radical (unpaired) electrons. The lowest BCUT2D eigenvalue weighted by Crippen LogP contribution is -2.54. The molecule has 1 heterocycles. The molecule has 0 bridgehead atoms. The molecule has 1 unspecified atom stereocenters. The van der Waals surface area contributed by atoms with Crippen LogP contribution in [-0.4, -0.2) is 55.1 Å². The maximum Gasteiger partial charge on any atom is 0.304 e. The summed E-state index contributed by atoms with van der Waals surface area (Å²) in [5, 5.41) is 0. The molecule has 0 aliphatic carbocycles. The van der Waals surface area contributed by atoms with Gasteiger partial charge in [-0.25, -0.2) is 0 Å². The van der Waals surface area contributed by atoms with Gasteiger partial charge in [0.1, 0.15) is 18.8 Å². The van der Waals surface area contributed by atoms with Crippen molar-refractivity contribution < 1.29 is 48.3 Å². The van der Waals surface area contributed by atoms with E-state index in [1.54, 1.807) is 0 Å². The molecule has 130 valence electrons. The zero-order valence-corrected chi connectivity index (χ0v) is 12.2. The summed E-state index contributed by atoms with van der Waals surface area (Å²) in [6, 6.07) is 0. The fourth-order valence-corrected chi connectivity index (χ4v) is 2.01. The molecule has 1 rings (SSSR count). The van der Waals surface area contributed by atoms with E-state index in [9.17, 15) is 19.2 Å². The quantitative estimate of drug-likeness (QED) is 0.509. The van der Waals surface area contributed by atoms with E-state index >= 15 is 0 Å². The summed E-state index contributed by atoms with van der Waals surface area (Å²) in [5.74, 6) is -3.72. The topological polar surface area (TPSA) is 114 Å². The second-order valence-corrected chi connectivity index (χ2v) is 4.50. The van der Waals surface area contributed by atoms with E-state index in [0.29, 0.717) is 0 Å². The minimum Gasteiger partial charge on any atom is -0.463 e. The first-order valence-electron chi connectivity index (χ1n) is 9.23. The van der Waals surface area contributed by atoms with Crippen LogP contribution in [0.2, 0.25) is 0 Å². The van der Waals surface area contributed by atoms with Gasteiger partial charge in [0.15, 0.2) is 6.10 Å². The highest BCUT2D eigenvalue weighted by molar-refractivity contribution is 5.68. The maximum absolute atomic E-state index is 11.5. The molecule has 0 aromatic rings. The lowest BCUT2D eigenvalue weighted by Gasteiger charge is -2.39. The third-order valence-electron chi connectivity index (χ3n) is 2.71. The van der Waals surface area contributed by atoms with Gasteiger partial charge in [-0.15, -0.1) is 0 Å². The van der Waals surface area contributed by atoms with Crippen molar-refractivity contribution in [2.24, 2.45) is 0 Å². The normalized spacial score (nSPS) is 29.0. The zero-order valence-electron chi connectivity index (χ0n) is 16.2. The summed E-state index contributed by atoms with van der Waals surface area (Å²) in [6.45, 7) is -3.30. The molecule has 0 aromatic carbocycles. The Balaban J connectivity index is 3.01. The van der Waals surface area contributed by atoms with E-state index in [4.69, 9.17) is 29.2 Å². The summed E-state index contributed by atoms with van der Waals surface area (Å²) in [4.78, 5) is 45.6. The Morgan fingerprint density at radius 1 is 0.957 bits per heavy atom. The summed E-state index contributed by atoms with van der Waals surface area (Å²) in [5.41, 5.74) is 0. The standard InChI is InChI=1S/C14H20O9/c1-7(15)19-6-12-14(22-10(4)18)11(20-8(2)16)5-13(23-12)21-9(3)17/h11-14H,5-6H2,1-4H3/t11-,12-,13?,14+/m1/s1/i1D,2D,3D,4D. The van der Waals surface area contributed by atoms with E-state index in [1.807, 2.05) is 0 Å². The molecule has 0 amide bonds. The number of carbonyl (C=O) groups is 4. The molecule has 0 spiro atoms. The lowest BCUT2D eigenvalue weighted by molar-refractivity contribution is -0.260. The molecule has 4 atom stereocenters. The fourth-order valence-electron chi connectivity index (χ4n) is 2.01. The summed E-state index contributed by atoms with van der Waals surface area (Å²) < 4.78 is 53.2. The average Bonchev–Trinajstić information content (AvgIpc) is 2.67. The van der Waals surface area contributed by atoms with Crippen molar-refractivity contribution in [1.29, 1.82) is 0 Å². The first-order chi connectivity index (χ1) is 12.8. The Morgan fingerprint density at radius 3 is 2.22 bits per heavy atom. The van der Waals surface area contributed by atoms with Gasteiger partial charge in [-0.1, -0.05) is 0 Å². The van der Waals surface area contributed by atoms with Gasteiger partial charge < -0.3 is 23.7 Å². The molecule has 0 saturated carbocycles. The molecule has 1 saturated heterocycles. The highest BCUT2D eigenvalue weighted by Crippen LogP contribution is 2.27. The van der Waals surface area contributed by atoms with Crippen LogP contribution >= 0.6 is 0 Å². The largest absolute Gasteiger partial charge is 0.463 e. The molecule has 1 aliphatic rings. The van der Waals surface area contributed by atoms with Crippen LogP contribution in [-0.2, 0) is 42.9 Å². The van der Waals surface area contributed by atoms with Crippen molar-refractivity contribution in [2.75, 3.05) is 6.61 Å². The predicted octanol–water partition coefficient (Wildman–Crippen LogP) is 0.0910. The number of rotatable bonds is 5. The first-order valence-corrected chi connectivity index (χ1v) is 6.41. The molecular formula is C14H20O9. The van der Waals surface area contributed by atoms with Crippen LogP contribution in [0.15, 0.2) is 0 Å². The van der Waals surface area contributed by atoms with Crippen molar-refractivity contribution >= 4 is 23.9 Å². The van der Waals surface area contributed by atoms with Crippen molar-refractivity contribution in [1.82, 2.24) is 0 Å². The van der Waals surface area contributed by atoms with Gasteiger partial charge in [0, 0.05) is 33.1 Å². The van der Waals surface area contributed by atoms with Crippen molar-refractivity contribution in [3.63, 3.8) is 0 Å².